The smallest absolute Gasteiger partial charge is 0.244 e. The molecule has 36 heavy (non-hydrogen) atoms. The van der Waals surface area contributed by atoms with E-state index >= 15 is 0 Å². The molecule has 3 N–H and O–H groups in total. The van der Waals surface area contributed by atoms with Crippen molar-refractivity contribution in [2.24, 2.45) is 11.3 Å². The Morgan fingerprint density at radius 2 is 1.94 bits per heavy atom. The lowest BCUT2D eigenvalue weighted by molar-refractivity contribution is 0.0491. The first-order chi connectivity index (χ1) is 16.9. The van der Waals surface area contributed by atoms with Gasteiger partial charge in [-0.3, -0.25) is 0 Å². The van der Waals surface area contributed by atoms with Crippen LogP contribution in [0.2, 0.25) is 0 Å². The molecule has 0 radical (unpaired) electrons. The molecule has 0 amide bonds. The van der Waals surface area contributed by atoms with Gasteiger partial charge in [-0.1, -0.05) is 25.2 Å². The standard InChI is InChI=1S/C26H40N4O4S2/c1-17-23(35-24(28-17)29-26(4,5)19-10-13-34-14-11-19)18-7-8-20(33-6)21(15-18)36(31,32)30-22-9-12-27-16-25(22,2)3/h7-8,15,19,22,27,30H,9-14,16H2,1-6H3,(H,28,29). The molecule has 1 unspecified atom stereocenters. The maximum atomic E-state index is 13.6. The van der Waals surface area contributed by atoms with Crippen molar-refractivity contribution in [1.82, 2.24) is 15.0 Å². The predicted octanol–water partition coefficient (Wildman–Crippen LogP) is 4.41. The average molecular weight is 537 g/mol. The van der Waals surface area contributed by atoms with Crippen molar-refractivity contribution in [2.75, 3.05) is 38.7 Å². The minimum atomic E-state index is -3.80. The summed E-state index contributed by atoms with van der Waals surface area (Å²) in [7, 11) is -2.30. The van der Waals surface area contributed by atoms with E-state index in [0.29, 0.717) is 11.7 Å². The van der Waals surface area contributed by atoms with Crippen LogP contribution in [0, 0.1) is 18.3 Å². The number of anilines is 1. The van der Waals surface area contributed by atoms with E-state index in [1.54, 1.807) is 23.5 Å². The molecule has 2 aliphatic heterocycles. The second kappa shape index (κ2) is 10.6. The maximum Gasteiger partial charge on any atom is 0.244 e. The molecule has 0 spiro atoms. The van der Waals surface area contributed by atoms with Gasteiger partial charge < -0.3 is 20.1 Å². The Labute approximate surface area is 219 Å². The highest BCUT2D eigenvalue weighted by Crippen LogP contribution is 2.39. The third kappa shape index (κ3) is 5.88. The fourth-order valence-electron chi connectivity index (χ4n) is 5.18. The minimum absolute atomic E-state index is 0.120. The monoisotopic (exact) mass is 536 g/mol. The fraction of sp³-hybridized carbons (Fsp3) is 0.654. The zero-order chi connectivity index (χ0) is 26.1. The number of nitrogens with one attached hydrogen (secondary N) is 3. The SMILES string of the molecule is COc1ccc(-c2sc(NC(C)(C)C3CCOCC3)nc2C)cc1S(=O)(=O)NC1CCNCC1(C)C. The first-order valence-corrected chi connectivity index (χ1v) is 15.0. The van der Waals surface area contributed by atoms with Crippen LogP contribution in [0.25, 0.3) is 10.4 Å². The first-order valence-electron chi connectivity index (χ1n) is 12.7. The highest BCUT2D eigenvalue weighted by atomic mass is 32.2. The van der Waals surface area contributed by atoms with Crippen LogP contribution in [-0.4, -0.2) is 58.4 Å². The Morgan fingerprint density at radius 3 is 2.61 bits per heavy atom. The molecule has 2 fully saturated rings. The molecule has 200 valence electrons. The van der Waals surface area contributed by atoms with Crippen molar-refractivity contribution in [3.63, 3.8) is 0 Å². The zero-order valence-corrected chi connectivity index (χ0v) is 23.9. The summed E-state index contributed by atoms with van der Waals surface area (Å²) < 4.78 is 41.1. The molecule has 0 bridgehead atoms. The third-order valence-corrected chi connectivity index (χ3v) is 10.2. The molecule has 8 nitrogen and oxygen atoms in total. The van der Waals surface area contributed by atoms with Crippen molar-refractivity contribution in [2.45, 2.75) is 70.4 Å². The van der Waals surface area contributed by atoms with E-state index in [2.05, 4.69) is 43.1 Å². The van der Waals surface area contributed by atoms with Gasteiger partial charge in [-0.25, -0.2) is 18.1 Å². The Balaban J connectivity index is 1.61. The average Bonchev–Trinajstić information content (AvgIpc) is 3.19. The van der Waals surface area contributed by atoms with Crippen molar-refractivity contribution < 1.29 is 17.9 Å². The molecule has 10 heteroatoms. The number of aryl methyl sites for hydroxylation is 1. The second-order valence-corrected chi connectivity index (χ2v) is 13.8. The number of sulfonamides is 1. The van der Waals surface area contributed by atoms with Crippen molar-refractivity contribution >= 4 is 26.5 Å². The van der Waals surface area contributed by atoms with Gasteiger partial charge in [-0.2, -0.15) is 0 Å². The summed E-state index contributed by atoms with van der Waals surface area (Å²) in [5, 5.41) is 7.83. The summed E-state index contributed by atoms with van der Waals surface area (Å²) in [4.78, 5) is 5.89. The van der Waals surface area contributed by atoms with Crippen LogP contribution in [0.4, 0.5) is 5.13 Å². The van der Waals surface area contributed by atoms with Crippen LogP contribution < -0.4 is 20.1 Å². The number of aromatic nitrogens is 1. The van der Waals surface area contributed by atoms with Gasteiger partial charge in [0.15, 0.2) is 5.13 Å². The largest absolute Gasteiger partial charge is 0.495 e. The first kappa shape index (κ1) is 27.3. The molecule has 0 saturated carbocycles. The molecule has 1 aromatic heterocycles. The number of rotatable bonds is 8. The lowest BCUT2D eigenvalue weighted by Gasteiger charge is -2.39. The molecular weight excluding hydrogens is 496 g/mol. The van der Waals surface area contributed by atoms with Crippen LogP contribution in [0.15, 0.2) is 23.1 Å². The van der Waals surface area contributed by atoms with Crippen LogP contribution in [0.5, 0.6) is 5.75 Å². The zero-order valence-electron chi connectivity index (χ0n) is 22.2. The van der Waals surface area contributed by atoms with Crippen LogP contribution in [-0.2, 0) is 14.8 Å². The van der Waals surface area contributed by atoms with Gasteiger partial charge in [-0.05, 0) is 81.7 Å². The quantitative estimate of drug-likeness (QED) is 0.459. The van der Waals surface area contributed by atoms with E-state index in [9.17, 15) is 8.42 Å². The van der Waals surface area contributed by atoms with Crippen molar-refractivity contribution in [3.8, 4) is 16.2 Å². The molecule has 2 saturated heterocycles. The lowest BCUT2D eigenvalue weighted by atomic mass is 9.81. The number of ether oxygens (including phenoxy) is 2. The topological polar surface area (TPSA) is 102 Å². The Bertz CT molecular complexity index is 1170. The summed E-state index contributed by atoms with van der Waals surface area (Å²) in [6, 6.07) is 5.18. The van der Waals surface area contributed by atoms with E-state index in [0.717, 1.165) is 66.8 Å². The predicted molar refractivity (Wildman–Crippen MR) is 145 cm³/mol. The van der Waals surface area contributed by atoms with Gasteiger partial charge in [0.1, 0.15) is 10.6 Å². The molecule has 2 aliphatic rings. The summed E-state index contributed by atoms with van der Waals surface area (Å²) in [5.41, 5.74) is 1.37. The van der Waals surface area contributed by atoms with Gasteiger partial charge >= 0.3 is 0 Å². The van der Waals surface area contributed by atoms with Crippen LogP contribution in [0.1, 0.15) is 52.7 Å². The Kier molecular flexibility index (Phi) is 8.02. The van der Waals surface area contributed by atoms with E-state index in [1.165, 1.54) is 7.11 Å². The molecule has 1 aromatic carbocycles. The van der Waals surface area contributed by atoms with E-state index in [4.69, 9.17) is 14.5 Å². The van der Waals surface area contributed by atoms with Crippen molar-refractivity contribution in [1.29, 1.82) is 0 Å². The minimum Gasteiger partial charge on any atom is -0.495 e. The molecule has 3 heterocycles. The third-order valence-electron chi connectivity index (χ3n) is 7.61. The summed E-state index contributed by atoms with van der Waals surface area (Å²) in [6.07, 6.45) is 2.79. The second-order valence-electron chi connectivity index (χ2n) is 11.2. The normalized spacial score (nSPS) is 21.3. The van der Waals surface area contributed by atoms with Gasteiger partial charge in [0.05, 0.1) is 17.7 Å². The lowest BCUT2D eigenvalue weighted by Crippen LogP contribution is -2.54. The highest BCUT2D eigenvalue weighted by Gasteiger charge is 2.36. The summed E-state index contributed by atoms with van der Waals surface area (Å²) >= 11 is 1.55. The summed E-state index contributed by atoms with van der Waals surface area (Å²) in [5.74, 6) is 0.834. The molecular formula is C26H40N4O4S2. The van der Waals surface area contributed by atoms with Crippen LogP contribution >= 0.6 is 11.3 Å². The number of thiazole rings is 1. The number of hydrogen-bond acceptors (Lipinski definition) is 8. The van der Waals surface area contributed by atoms with Gasteiger partial charge in [-0.15, -0.1) is 0 Å². The number of benzene rings is 1. The van der Waals surface area contributed by atoms with Gasteiger partial charge in [0, 0.05) is 31.3 Å². The maximum absolute atomic E-state index is 13.6. The van der Waals surface area contributed by atoms with Crippen LogP contribution in [0.3, 0.4) is 0 Å². The summed E-state index contributed by atoms with van der Waals surface area (Å²) in [6.45, 7) is 13.7. The number of hydrogen-bond donors (Lipinski definition) is 3. The molecule has 4 rings (SSSR count). The van der Waals surface area contributed by atoms with Gasteiger partial charge in [0.2, 0.25) is 10.0 Å². The number of nitrogens with zero attached hydrogens (tertiary/aromatic N) is 1. The Morgan fingerprint density at radius 1 is 1.22 bits per heavy atom. The molecule has 0 aliphatic carbocycles. The van der Waals surface area contributed by atoms with E-state index in [-0.39, 0.29) is 21.9 Å². The van der Waals surface area contributed by atoms with E-state index < -0.39 is 10.0 Å². The van der Waals surface area contributed by atoms with E-state index in [1.807, 2.05) is 13.0 Å². The Hall–Kier alpha value is -1.72. The number of methoxy groups -OCH3 is 1. The number of piperidine rings is 1. The molecule has 2 aromatic rings. The van der Waals surface area contributed by atoms with Crippen molar-refractivity contribution in [3.05, 3.63) is 23.9 Å². The van der Waals surface area contributed by atoms with Gasteiger partial charge in [0.25, 0.3) is 0 Å². The fourth-order valence-corrected chi connectivity index (χ4v) is 7.95. The highest BCUT2D eigenvalue weighted by molar-refractivity contribution is 7.89. The molecule has 1 atom stereocenters.